The van der Waals surface area contributed by atoms with Crippen molar-refractivity contribution in [1.82, 2.24) is 9.88 Å². The highest BCUT2D eigenvalue weighted by Gasteiger charge is 2.18. The van der Waals surface area contributed by atoms with Crippen LogP contribution in [0, 0.1) is 0 Å². The Morgan fingerprint density at radius 3 is 2.50 bits per heavy atom. The van der Waals surface area contributed by atoms with Gasteiger partial charge < -0.3 is 15.0 Å². The van der Waals surface area contributed by atoms with Gasteiger partial charge in [-0.1, -0.05) is 11.6 Å². The molecule has 0 radical (unpaired) electrons. The summed E-state index contributed by atoms with van der Waals surface area (Å²) in [5.74, 6) is 0.241. The molecule has 0 bridgehead atoms. The van der Waals surface area contributed by atoms with E-state index in [1.54, 1.807) is 42.6 Å². The molecule has 6 nitrogen and oxygen atoms in total. The zero-order chi connectivity index (χ0) is 19.9. The zero-order valence-corrected chi connectivity index (χ0v) is 16.6. The molecule has 148 valence electrons. The fraction of sp³-hybridized carbons (Fsp3) is 0.381. The van der Waals surface area contributed by atoms with Gasteiger partial charge in [-0.05, 0) is 50.2 Å². The number of amides is 1. The van der Waals surface area contributed by atoms with Crippen molar-refractivity contribution in [3.8, 4) is 5.88 Å². The third-order valence-electron chi connectivity index (χ3n) is 4.72. The highest BCUT2D eigenvalue weighted by atomic mass is 35.5. The Labute approximate surface area is 169 Å². The number of hydrogen-bond donors (Lipinski definition) is 1. The second kappa shape index (κ2) is 9.66. The minimum atomic E-state index is -0.229. The van der Waals surface area contributed by atoms with E-state index in [0.717, 1.165) is 25.9 Å². The number of ether oxygens (including phenoxy) is 1. The first-order valence-electron chi connectivity index (χ1n) is 9.39. The summed E-state index contributed by atoms with van der Waals surface area (Å²) in [6, 6.07) is 10.2. The van der Waals surface area contributed by atoms with Crippen molar-refractivity contribution in [2.75, 3.05) is 25.5 Å². The molecular weight excluding hydrogens is 378 g/mol. The number of nitrogens with zero attached hydrogens (tertiary/aromatic N) is 2. The van der Waals surface area contributed by atoms with E-state index in [9.17, 15) is 9.59 Å². The maximum absolute atomic E-state index is 12.1. The van der Waals surface area contributed by atoms with E-state index in [1.165, 1.54) is 0 Å². The minimum absolute atomic E-state index is 0.0909. The Balaban J connectivity index is 1.43. The van der Waals surface area contributed by atoms with E-state index in [2.05, 4.69) is 22.2 Å². The van der Waals surface area contributed by atoms with Crippen molar-refractivity contribution in [3.05, 3.63) is 53.2 Å². The van der Waals surface area contributed by atoms with Crippen molar-refractivity contribution in [2.24, 2.45) is 0 Å². The van der Waals surface area contributed by atoms with Crippen LogP contribution in [-0.2, 0) is 4.79 Å². The van der Waals surface area contributed by atoms with Crippen LogP contribution in [0.15, 0.2) is 42.6 Å². The molecule has 0 atom stereocenters. The molecule has 0 spiro atoms. The number of likely N-dealkylation sites (tertiary alicyclic amines) is 1. The number of pyridine rings is 1. The van der Waals surface area contributed by atoms with Crippen LogP contribution < -0.4 is 10.1 Å². The fourth-order valence-corrected chi connectivity index (χ4v) is 3.15. The highest BCUT2D eigenvalue weighted by Crippen LogP contribution is 2.18. The third-order valence-corrected chi connectivity index (χ3v) is 4.97. The van der Waals surface area contributed by atoms with Gasteiger partial charge >= 0.3 is 0 Å². The van der Waals surface area contributed by atoms with Gasteiger partial charge in [0.25, 0.3) is 0 Å². The SMILES string of the molecule is CN1CCC(Oc2ccc(NC(=O)CCC(=O)c3ccc(Cl)cc3)cn2)CC1. The second-order valence-corrected chi connectivity index (χ2v) is 7.42. The first-order chi connectivity index (χ1) is 13.5. The number of benzene rings is 1. The molecule has 1 aromatic carbocycles. The molecule has 1 N–H and O–H groups in total. The summed E-state index contributed by atoms with van der Waals surface area (Å²) >= 11 is 5.81. The Hall–Kier alpha value is -2.44. The molecule has 1 aromatic heterocycles. The topological polar surface area (TPSA) is 71.5 Å². The van der Waals surface area contributed by atoms with Gasteiger partial charge in [-0.3, -0.25) is 9.59 Å². The maximum Gasteiger partial charge on any atom is 0.224 e. The van der Waals surface area contributed by atoms with Crippen LogP contribution in [-0.4, -0.2) is 47.8 Å². The molecule has 1 amide bonds. The summed E-state index contributed by atoms with van der Waals surface area (Å²) in [5, 5.41) is 3.33. The van der Waals surface area contributed by atoms with Crippen molar-refractivity contribution in [2.45, 2.75) is 31.8 Å². The number of halogens is 1. The Morgan fingerprint density at radius 2 is 1.86 bits per heavy atom. The average Bonchev–Trinajstić information content (AvgIpc) is 2.70. The second-order valence-electron chi connectivity index (χ2n) is 6.98. The van der Waals surface area contributed by atoms with Crippen LogP contribution in [0.5, 0.6) is 5.88 Å². The number of piperidine rings is 1. The molecule has 28 heavy (non-hydrogen) atoms. The van der Waals surface area contributed by atoms with Crippen molar-refractivity contribution in [3.63, 3.8) is 0 Å². The number of ketones is 1. The number of carbonyl (C=O) groups is 2. The fourth-order valence-electron chi connectivity index (χ4n) is 3.03. The standard InChI is InChI=1S/C21H24ClN3O3/c1-25-12-10-18(11-13-25)28-21-9-6-17(14-23-21)24-20(27)8-7-19(26)15-2-4-16(22)5-3-15/h2-6,9,14,18H,7-8,10-13H2,1H3,(H,24,27). The van der Waals surface area contributed by atoms with E-state index in [1.807, 2.05) is 0 Å². The van der Waals surface area contributed by atoms with E-state index < -0.39 is 0 Å². The van der Waals surface area contributed by atoms with Crippen LogP contribution >= 0.6 is 11.6 Å². The van der Waals surface area contributed by atoms with Gasteiger partial charge in [0.15, 0.2) is 5.78 Å². The normalized spacial score (nSPS) is 15.2. The lowest BCUT2D eigenvalue weighted by molar-refractivity contribution is -0.116. The zero-order valence-electron chi connectivity index (χ0n) is 15.9. The number of carbonyl (C=O) groups excluding carboxylic acids is 2. The highest BCUT2D eigenvalue weighted by molar-refractivity contribution is 6.30. The van der Waals surface area contributed by atoms with Crippen LogP contribution in [0.25, 0.3) is 0 Å². The average molecular weight is 402 g/mol. The predicted octanol–water partition coefficient (Wildman–Crippen LogP) is 3.81. The molecule has 3 rings (SSSR count). The van der Waals surface area contributed by atoms with Crippen molar-refractivity contribution in [1.29, 1.82) is 0 Å². The smallest absolute Gasteiger partial charge is 0.224 e. The maximum atomic E-state index is 12.1. The summed E-state index contributed by atoms with van der Waals surface area (Å²) in [4.78, 5) is 30.7. The quantitative estimate of drug-likeness (QED) is 0.714. The molecule has 1 fully saturated rings. The van der Waals surface area contributed by atoms with Gasteiger partial charge in [0.2, 0.25) is 11.8 Å². The number of hydrogen-bond acceptors (Lipinski definition) is 5. The lowest BCUT2D eigenvalue weighted by Crippen LogP contribution is -2.35. The van der Waals surface area contributed by atoms with Crippen LogP contribution in [0.1, 0.15) is 36.0 Å². The molecule has 2 heterocycles. The lowest BCUT2D eigenvalue weighted by atomic mass is 10.1. The van der Waals surface area contributed by atoms with Crippen LogP contribution in [0.4, 0.5) is 5.69 Å². The summed E-state index contributed by atoms with van der Waals surface area (Å²) in [7, 11) is 2.11. The molecule has 1 aliphatic rings. The van der Waals surface area contributed by atoms with Gasteiger partial charge in [0.05, 0.1) is 11.9 Å². The molecule has 0 unspecified atom stereocenters. The largest absolute Gasteiger partial charge is 0.474 e. The minimum Gasteiger partial charge on any atom is -0.474 e. The van der Waals surface area contributed by atoms with Crippen molar-refractivity contribution >= 4 is 29.0 Å². The molecular formula is C21H24ClN3O3. The van der Waals surface area contributed by atoms with Crippen LogP contribution in [0.2, 0.25) is 5.02 Å². The first-order valence-corrected chi connectivity index (χ1v) is 9.77. The molecule has 2 aromatic rings. The Bertz CT molecular complexity index is 801. The summed E-state index contributed by atoms with van der Waals surface area (Å²) < 4.78 is 5.90. The molecule has 7 heteroatoms. The van der Waals surface area contributed by atoms with Crippen LogP contribution in [0.3, 0.4) is 0 Å². The van der Waals surface area contributed by atoms with Gasteiger partial charge in [0, 0.05) is 42.6 Å². The molecule has 1 saturated heterocycles. The van der Waals surface area contributed by atoms with Gasteiger partial charge in [-0.2, -0.15) is 0 Å². The number of aromatic nitrogens is 1. The summed E-state index contributed by atoms with van der Waals surface area (Å²) in [5.41, 5.74) is 1.13. The first kappa shape index (κ1) is 20.3. The Morgan fingerprint density at radius 1 is 1.14 bits per heavy atom. The number of Topliss-reactive ketones (excluding diaryl/α,β-unsaturated/α-hetero) is 1. The lowest BCUT2D eigenvalue weighted by Gasteiger charge is -2.28. The van der Waals surface area contributed by atoms with E-state index in [0.29, 0.717) is 22.2 Å². The predicted molar refractivity (Wildman–Crippen MR) is 109 cm³/mol. The molecule has 1 aliphatic heterocycles. The number of nitrogens with one attached hydrogen (secondary N) is 1. The molecule has 0 aliphatic carbocycles. The van der Waals surface area contributed by atoms with E-state index >= 15 is 0 Å². The van der Waals surface area contributed by atoms with E-state index in [4.69, 9.17) is 16.3 Å². The molecule has 0 saturated carbocycles. The summed E-state index contributed by atoms with van der Waals surface area (Å²) in [6.07, 6.45) is 3.97. The van der Waals surface area contributed by atoms with Gasteiger partial charge in [0.1, 0.15) is 6.10 Å². The van der Waals surface area contributed by atoms with Gasteiger partial charge in [-0.15, -0.1) is 0 Å². The van der Waals surface area contributed by atoms with Crippen molar-refractivity contribution < 1.29 is 14.3 Å². The number of anilines is 1. The van der Waals surface area contributed by atoms with Gasteiger partial charge in [-0.25, -0.2) is 4.98 Å². The number of rotatable bonds is 7. The third kappa shape index (κ3) is 6.04. The monoisotopic (exact) mass is 401 g/mol. The van der Waals surface area contributed by atoms with E-state index in [-0.39, 0.29) is 30.6 Å². The summed E-state index contributed by atoms with van der Waals surface area (Å²) in [6.45, 7) is 2.04. The Kier molecular flexibility index (Phi) is 7.01.